The third-order valence-electron chi connectivity index (χ3n) is 3.49. The molecule has 2 N–H and O–H groups in total. The molecule has 0 unspecified atom stereocenters. The summed E-state index contributed by atoms with van der Waals surface area (Å²) in [4.78, 5) is 15.2. The van der Waals surface area contributed by atoms with Gasteiger partial charge in [0.2, 0.25) is 0 Å². The molecule has 0 saturated heterocycles. The van der Waals surface area contributed by atoms with Crippen LogP contribution in [0.3, 0.4) is 0 Å². The number of hydrogen-bond donors (Lipinski definition) is 2. The molecule has 0 spiro atoms. The Bertz CT molecular complexity index is 456. The molecular weight excluding hydrogens is 252 g/mol. The largest absolute Gasteiger partial charge is 0.478 e. The topological polar surface area (TPSA) is 62.2 Å². The molecule has 0 bridgehead atoms. The Morgan fingerprint density at radius 1 is 1.40 bits per heavy atom. The Morgan fingerprint density at radius 2 is 2.10 bits per heavy atom. The second-order valence-corrected chi connectivity index (χ2v) is 6.15. The van der Waals surface area contributed by atoms with E-state index in [-0.39, 0.29) is 11.0 Å². The lowest BCUT2D eigenvalue weighted by Gasteiger charge is -2.26. The molecule has 4 heteroatoms. The molecule has 0 aliphatic carbocycles. The predicted molar refractivity (Wildman–Crippen MR) is 82.3 cm³/mol. The first-order chi connectivity index (χ1) is 9.35. The summed E-state index contributed by atoms with van der Waals surface area (Å²) in [6.45, 7) is 9.25. The molecule has 0 amide bonds. The van der Waals surface area contributed by atoms with Crippen LogP contribution in [-0.4, -0.2) is 22.6 Å². The minimum atomic E-state index is -0.941. The van der Waals surface area contributed by atoms with Crippen molar-refractivity contribution in [3.63, 3.8) is 0 Å². The van der Waals surface area contributed by atoms with E-state index in [1.165, 1.54) is 25.5 Å². The lowest BCUT2D eigenvalue weighted by molar-refractivity contribution is 0.0697. The fraction of sp³-hybridized carbons (Fsp3) is 0.625. The number of pyridine rings is 1. The summed E-state index contributed by atoms with van der Waals surface area (Å²) in [6.07, 6.45) is 6.24. The molecule has 20 heavy (non-hydrogen) atoms. The third kappa shape index (κ3) is 5.19. The number of aromatic carboxylic acids is 1. The van der Waals surface area contributed by atoms with Crippen molar-refractivity contribution in [1.82, 2.24) is 4.98 Å². The van der Waals surface area contributed by atoms with Gasteiger partial charge in [-0.05, 0) is 24.8 Å². The number of anilines is 1. The number of nitrogens with one attached hydrogen (secondary N) is 1. The summed E-state index contributed by atoms with van der Waals surface area (Å²) in [6, 6.07) is 1.80. The van der Waals surface area contributed by atoms with E-state index in [0.717, 1.165) is 18.7 Å². The Kier molecular flexibility index (Phi) is 5.99. The number of unbranched alkanes of at least 4 members (excludes halogenated alkanes) is 2. The van der Waals surface area contributed by atoms with Crippen LogP contribution in [0.15, 0.2) is 12.3 Å². The van der Waals surface area contributed by atoms with E-state index in [0.29, 0.717) is 5.69 Å². The van der Waals surface area contributed by atoms with Gasteiger partial charge in [-0.25, -0.2) is 4.79 Å². The molecule has 0 atom stereocenters. The Balaban J connectivity index is 2.68. The molecular formula is C16H26N2O2. The number of nitrogens with zero attached hydrogens (tertiary/aromatic N) is 1. The van der Waals surface area contributed by atoms with Gasteiger partial charge in [-0.2, -0.15) is 0 Å². The molecule has 0 saturated carbocycles. The summed E-state index contributed by atoms with van der Waals surface area (Å²) in [5.41, 5.74) is 1.87. The van der Waals surface area contributed by atoms with Crippen LogP contribution in [0.4, 0.5) is 5.69 Å². The average Bonchev–Trinajstić information content (AvgIpc) is 2.36. The molecule has 0 fully saturated rings. The van der Waals surface area contributed by atoms with Crippen LogP contribution in [0.5, 0.6) is 0 Å². The van der Waals surface area contributed by atoms with Crippen molar-refractivity contribution in [2.45, 2.75) is 53.4 Å². The van der Waals surface area contributed by atoms with E-state index in [1.807, 2.05) is 6.92 Å². The van der Waals surface area contributed by atoms with Gasteiger partial charge in [-0.15, -0.1) is 0 Å². The first kappa shape index (κ1) is 16.5. The van der Waals surface area contributed by atoms with Gasteiger partial charge in [0, 0.05) is 18.4 Å². The normalized spacial score (nSPS) is 11.4. The number of hydrogen-bond acceptors (Lipinski definition) is 3. The second kappa shape index (κ2) is 7.27. The van der Waals surface area contributed by atoms with Crippen LogP contribution in [0, 0.1) is 12.3 Å². The maximum Gasteiger partial charge on any atom is 0.339 e. The Morgan fingerprint density at radius 3 is 2.70 bits per heavy atom. The van der Waals surface area contributed by atoms with Gasteiger partial charge >= 0.3 is 5.97 Å². The lowest BCUT2D eigenvalue weighted by Crippen LogP contribution is -2.24. The molecule has 0 radical (unpaired) electrons. The predicted octanol–water partition coefficient (Wildman–Crippen LogP) is 4.11. The lowest BCUT2D eigenvalue weighted by atomic mass is 9.86. The maximum atomic E-state index is 11.2. The van der Waals surface area contributed by atoms with Crippen LogP contribution in [0.2, 0.25) is 0 Å². The van der Waals surface area contributed by atoms with Gasteiger partial charge in [0.25, 0.3) is 0 Å². The van der Waals surface area contributed by atoms with Crippen molar-refractivity contribution in [2.75, 3.05) is 11.9 Å². The highest BCUT2D eigenvalue weighted by Gasteiger charge is 2.19. The highest BCUT2D eigenvalue weighted by Crippen LogP contribution is 2.25. The Hall–Kier alpha value is -1.58. The number of carboxylic acid groups (broad SMARTS) is 1. The molecule has 1 aromatic heterocycles. The standard InChI is InChI=1S/C16H26N2O2/c1-5-6-7-8-16(3,4)11-18-14-9-12(2)17-10-13(14)15(19)20/h9-10H,5-8,11H2,1-4H3,(H,17,18)(H,19,20). The Labute approximate surface area is 121 Å². The van der Waals surface area contributed by atoms with Crippen LogP contribution < -0.4 is 5.32 Å². The molecule has 1 heterocycles. The molecule has 4 nitrogen and oxygen atoms in total. The van der Waals surface area contributed by atoms with Crippen molar-refractivity contribution in [3.8, 4) is 0 Å². The highest BCUT2D eigenvalue weighted by molar-refractivity contribution is 5.93. The molecule has 0 aromatic carbocycles. The average molecular weight is 278 g/mol. The zero-order chi connectivity index (χ0) is 15.2. The highest BCUT2D eigenvalue weighted by atomic mass is 16.4. The summed E-state index contributed by atoms with van der Waals surface area (Å²) in [7, 11) is 0. The van der Waals surface area contributed by atoms with E-state index in [9.17, 15) is 9.90 Å². The van der Waals surface area contributed by atoms with Gasteiger partial charge < -0.3 is 10.4 Å². The van der Waals surface area contributed by atoms with E-state index in [4.69, 9.17) is 0 Å². The number of carbonyl (C=O) groups is 1. The number of rotatable bonds is 8. The molecule has 1 aromatic rings. The number of carboxylic acids is 1. The molecule has 1 rings (SSSR count). The van der Waals surface area contributed by atoms with E-state index in [1.54, 1.807) is 6.07 Å². The van der Waals surface area contributed by atoms with E-state index in [2.05, 4.69) is 31.1 Å². The maximum absolute atomic E-state index is 11.2. The minimum Gasteiger partial charge on any atom is -0.478 e. The summed E-state index contributed by atoms with van der Waals surface area (Å²) in [5.74, 6) is -0.941. The van der Waals surface area contributed by atoms with Crippen molar-refractivity contribution in [2.24, 2.45) is 5.41 Å². The van der Waals surface area contributed by atoms with Crippen LogP contribution >= 0.6 is 0 Å². The summed E-state index contributed by atoms with van der Waals surface area (Å²) >= 11 is 0. The first-order valence-corrected chi connectivity index (χ1v) is 7.29. The van der Waals surface area contributed by atoms with Crippen molar-refractivity contribution >= 4 is 11.7 Å². The molecule has 0 aliphatic heterocycles. The zero-order valence-corrected chi connectivity index (χ0v) is 13.0. The second-order valence-electron chi connectivity index (χ2n) is 6.15. The van der Waals surface area contributed by atoms with E-state index >= 15 is 0 Å². The van der Waals surface area contributed by atoms with E-state index < -0.39 is 5.97 Å². The summed E-state index contributed by atoms with van der Waals surface area (Å²) < 4.78 is 0. The van der Waals surface area contributed by atoms with Crippen LogP contribution in [-0.2, 0) is 0 Å². The number of aromatic nitrogens is 1. The van der Waals surface area contributed by atoms with Gasteiger partial charge in [0.15, 0.2) is 0 Å². The van der Waals surface area contributed by atoms with Gasteiger partial charge in [0.1, 0.15) is 5.56 Å². The van der Waals surface area contributed by atoms with Gasteiger partial charge in [0.05, 0.1) is 5.69 Å². The van der Waals surface area contributed by atoms with Gasteiger partial charge in [-0.1, -0.05) is 40.0 Å². The quantitative estimate of drug-likeness (QED) is 0.703. The SMILES string of the molecule is CCCCCC(C)(C)CNc1cc(C)ncc1C(=O)O. The third-order valence-corrected chi connectivity index (χ3v) is 3.49. The fourth-order valence-electron chi connectivity index (χ4n) is 2.15. The zero-order valence-electron chi connectivity index (χ0n) is 13.0. The van der Waals surface area contributed by atoms with Crippen LogP contribution in [0.1, 0.15) is 62.5 Å². The minimum absolute atomic E-state index is 0.155. The van der Waals surface area contributed by atoms with Crippen LogP contribution in [0.25, 0.3) is 0 Å². The summed E-state index contributed by atoms with van der Waals surface area (Å²) in [5, 5.41) is 12.5. The van der Waals surface area contributed by atoms with Crippen molar-refractivity contribution in [1.29, 1.82) is 0 Å². The first-order valence-electron chi connectivity index (χ1n) is 7.29. The van der Waals surface area contributed by atoms with Crippen molar-refractivity contribution < 1.29 is 9.90 Å². The monoisotopic (exact) mass is 278 g/mol. The van der Waals surface area contributed by atoms with Crippen molar-refractivity contribution in [3.05, 3.63) is 23.5 Å². The fourth-order valence-corrected chi connectivity index (χ4v) is 2.15. The number of aryl methyl sites for hydroxylation is 1. The smallest absolute Gasteiger partial charge is 0.339 e. The van der Waals surface area contributed by atoms with Gasteiger partial charge in [-0.3, -0.25) is 4.98 Å². The molecule has 112 valence electrons. The molecule has 0 aliphatic rings.